The number of hydrogen-bond donors (Lipinski definition) is 1. The van der Waals surface area contributed by atoms with Gasteiger partial charge in [0, 0.05) is 25.1 Å². The van der Waals surface area contributed by atoms with Crippen molar-refractivity contribution in [3.05, 3.63) is 102 Å². The van der Waals surface area contributed by atoms with E-state index in [2.05, 4.69) is 10.3 Å². The number of carbonyl (C=O) groups is 2. The molecule has 162 valence electrons. The molecule has 0 spiro atoms. The predicted molar refractivity (Wildman–Crippen MR) is 121 cm³/mol. The topological polar surface area (TPSA) is 86.4 Å². The van der Waals surface area contributed by atoms with E-state index in [9.17, 15) is 9.59 Å². The Labute approximate surface area is 189 Å². The molecule has 0 radical (unpaired) electrons. The highest BCUT2D eigenvalue weighted by molar-refractivity contribution is 7.98. The average Bonchev–Trinajstić information content (AvgIpc) is 3.46. The highest BCUT2D eigenvalue weighted by Gasteiger charge is 2.14. The summed E-state index contributed by atoms with van der Waals surface area (Å²) in [6.45, 7) is 0.182. The van der Waals surface area contributed by atoms with Gasteiger partial charge in [-0.25, -0.2) is 9.78 Å². The lowest BCUT2D eigenvalue weighted by Gasteiger charge is -2.07. The van der Waals surface area contributed by atoms with E-state index in [4.69, 9.17) is 9.15 Å². The second-order valence-electron chi connectivity index (χ2n) is 6.97. The van der Waals surface area contributed by atoms with E-state index in [1.807, 2.05) is 48.1 Å². The van der Waals surface area contributed by atoms with Crippen molar-refractivity contribution in [1.29, 1.82) is 0 Å². The van der Waals surface area contributed by atoms with Gasteiger partial charge in [0.2, 0.25) is 0 Å². The Hall–Kier alpha value is -3.78. The fourth-order valence-corrected chi connectivity index (χ4v) is 3.75. The Kier molecular flexibility index (Phi) is 6.72. The summed E-state index contributed by atoms with van der Waals surface area (Å²) in [6.07, 6.45) is 3.60. The lowest BCUT2D eigenvalue weighted by molar-refractivity contribution is 0.0472. The third kappa shape index (κ3) is 5.47. The summed E-state index contributed by atoms with van der Waals surface area (Å²) in [7, 11) is 1.92. The first-order valence-corrected chi connectivity index (χ1v) is 10.9. The second kappa shape index (κ2) is 10.0. The van der Waals surface area contributed by atoms with Crippen LogP contribution in [0.3, 0.4) is 0 Å². The van der Waals surface area contributed by atoms with E-state index in [1.54, 1.807) is 42.6 Å². The summed E-state index contributed by atoms with van der Waals surface area (Å²) in [4.78, 5) is 29.2. The molecule has 7 nitrogen and oxygen atoms in total. The van der Waals surface area contributed by atoms with Crippen molar-refractivity contribution in [1.82, 2.24) is 9.55 Å². The van der Waals surface area contributed by atoms with Gasteiger partial charge in [-0.3, -0.25) is 4.79 Å². The summed E-state index contributed by atoms with van der Waals surface area (Å²) >= 11 is 1.52. The summed E-state index contributed by atoms with van der Waals surface area (Å²) in [6, 6.07) is 19.4. The Bertz CT molecular complexity index is 1220. The second-order valence-corrected chi connectivity index (χ2v) is 7.91. The number of benzene rings is 2. The minimum atomic E-state index is -0.462. The number of amides is 1. The average molecular weight is 448 g/mol. The van der Waals surface area contributed by atoms with Crippen LogP contribution in [-0.4, -0.2) is 21.4 Å². The number of aryl methyl sites for hydroxylation is 1. The Morgan fingerprint density at radius 3 is 2.72 bits per heavy atom. The van der Waals surface area contributed by atoms with Crippen molar-refractivity contribution in [3.8, 4) is 0 Å². The molecule has 0 saturated heterocycles. The van der Waals surface area contributed by atoms with Crippen molar-refractivity contribution in [2.24, 2.45) is 7.05 Å². The largest absolute Gasteiger partial charge is 0.457 e. The Morgan fingerprint density at radius 1 is 1.09 bits per heavy atom. The van der Waals surface area contributed by atoms with Gasteiger partial charge in [0.1, 0.15) is 12.4 Å². The smallest absolute Gasteiger partial charge is 0.338 e. The van der Waals surface area contributed by atoms with Crippen molar-refractivity contribution < 1.29 is 18.7 Å². The number of nitrogens with zero attached hydrogens (tertiary/aromatic N) is 2. The molecule has 0 aliphatic rings. The van der Waals surface area contributed by atoms with E-state index >= 15 is 0 Å². The van der Waals surface area contributed by atoms with Crippen LogP contribution in [0.15, 0.2) is 88.7 Å². The molecular weight excluding hydrogens is 426 g/mol. The number of furan rings is 1. The zero-order chi connectivity index (χ0) is 22.3. The summed E-state index contributed by atoms with van der Waals surface area (Å²) in [5.41, 5.74) is 1.73. The third-order valence-electron chi connectivity index (χ3n) is 4.57. The van der Waals surface area contributed by atoms with Crippen molar-refractivity contribution in [2.75, 3.05) is 5.32 Å². The van der Waals surface area contributed by atoms with Gasteiger partial charge in [0.25, 0.3) is 5.91 Å². The molecule has 2 heterocycles. The molecule has 4 rings (SSSR count). The van der Waals surface area contributed by atoms with Crippen LogP contribution in [0.4, 0.5) is 5.69 Å². The van der Waals surface area contributed by atoms with Gasteiger partial charge in [-0.05, 0) is 35.9 Å². The standard InChI is InChI=1S/C24H21N3O4S/c1-27-13-12-25-24(27)32-16-20-10-11-21(31-20)22(28)26-19-9-5-8-18(14-19)23(29)30-15-17-6-3-2-4-7-17/h2-14H,15-16H2,1H3,(H,26,28). The normalized spacial score (nSPS) is 10.7. The minimum absolute atomic E-state index is 0.182. The van der Waals surface area contributed by atoms with E-state index in [-0.39, 0.29) is 12.4 Å². The highest BCUT2D eigenvalue weighted by Crippen LogP contribution is 2.22. The SMILES string of the molecule is Cn1ccnc1SCc1ccc(C(=O)Nc2cccc(C(=O)OCc3ccccc3)c2)o1. The van der Waals surface area contributed by atoms with Crippen LogP contribution in [0, 0.1) is 0 Å². The zero-order valence-electron chi connectivity index (χ0n) is 17.4. The molecule has 0 aliphatic heterocycles. The molecule has 0 bridgehead atoms. The third-order valence-corrected chi connectivity index (χ3v) is 5.66. The molecule has 1 N–H and O–H groups in total. The molecule has 1 amide bonds. The molecule has 0 unspecified atom stereocenters. The number of thioether (sulfide) groups is 1. The molecule has 2 aromatic carbocycles. The Morgan fingerprint density at radius 2 is 1.94 bits per heavy atom. The predicted octanol–water partition coefficient (Wildman–Crippen LogP) is 4.91. The van der Waals surface area contributed by atoms with Crippen molar-refractivity contribution in [3.63, 3.8) is 0 Å². The first-order valence-electron chi connectivity index (χ1n) is 9.90. The molecular formula is C24H21N3O4S. The van der Waals surface area contributed by atoms with Gasteiger partial charge in [-0.15, -0.1) is 0 Å². The molecule has 4 aromatic rings. The number of esters is 1. The first kappa shape index (κ1) is 21.5. The molecule has 0 saturated carbocycles. The number of rotatable bonds is 8. The quantitative estimate of drug-likeness (QED) is 0.305. The molecule has 0 aliphatic carbocycles. The number of nitrogens with one attached hydrogen (secondary N) is 1. The van der Waals surface area contributed by atoms with Crippen molar-refractivity contribution in [2.45, 2.75) is 17.5 Å². The zero-order valence-corrected chi connectivity index (χ0v) is 18.2. The van der Waals surface area contributed by atoms with E-state index in [0.29, 0.717) is 22.8 Å². The maximum Gasteiger partial charge on any atom is 0.338 e. The van der Waals surface area contributed by atoms with Crippen LogP contribution in [0.1, 0.15) is 32.2 Å². The lowest BCUT2D eigenvalue weighted by Crippen LogP contribution is -2.12. The molecule has 0 fully saturated rings. The van der Waals surface area contributed by atoms with Crippen LogP contribution >= 0.6 is 11.8 Å². The number of ether oxygens (including phenoxy) is 1. The number of imidazole rings is 1. The fourth-order valence-electron chi connectivity index (χ4n) is 2.93. The maximum atomic E-state index is 12.6. The summed E-state index contributed by atoms with van der Waals surface area (Å²) in [5, 5.41) is 3.62. The molecule has 8 heteroatoms. The van der Waals surface area contributed by atoms with Gasteiger partial charge < -0.3 is 19.0 Å². The minimum Gasteiger partial charge on any atom is -0.457 e. The fraction of sp³-hybridized carbons (Fsp3) is 0.125. The Balaban J connectivity index is 1.34. The number of carbonyl (C=O) groups excluding carboxylic acids is 2. The van der Waals surface area contributed by atoms with Crippen LogP contribution < -0.4 is 5.32 Å². The van der Waals surface area contributed by atoms with Gasteiger partial charge in [-0.1, -0.05) is 48.2 Å². The van der Waals surface area contributed by atoms with Crippen LogP contribution in [-0.2, 0) is 24.1 Å². The van der Waals surface area contributed by atoms with Crippen LogP contribution in [0.2, 0.25) is 0 Å². The summed E-state index contributed by atoms with van der Waals surface area (Å²) in [5.74, 6) is 0.560. The van der Waals surface area contributed by atoms with E-state index in [0.717, 1.165) is 10.7 Å². The van der Waals surface area contributed by atoms with Gasteiger partial charge in [0.15, 0.2) is 10.9 Å². The van der Waals surface area contributed by atoms with Crippen LogP contribution in [0.25, 0.3) is 0 Å². The molecule has 32 heavy (non-hydrogen) atoms. The van der Waals surface area contributed by atoms with Gasteiger partial charge >= 0.3 is 5.97 Å². The van der Waals surface area contributed by atoms with E-state index < -0.39 is 11.9 Å². The monoisotopic (exact) mass is 447 g/mol. The van der Waals surface area contributed by atoms with Crippen molar-refractivity contribution >= 4 is 29.3 Å². The first-order chi connectivity index (χ1) is 15.6. The summed E-state index contributed by atoms with van der Waals surface area (Å²) < 4.78 is 12.9. The lowest BCUT2D eigenvalue weighted by atomic mass is 10.2. The highest BCUT2D eigenvalue weighted by atomic mass is 32.2. The van der Waals surface area contributed by atoms with Crippen LogP contribution in [0.5, 0.6) is 0 Å². The van der Waals surface area contributed by atoms with Gasteiger partial charge in [-0.2, -0.15) is 0 Å². The number of anilines is 1. The maximum absolute atomic E-state index is 12.6. The van der Waals surface area contributed by atoms with Gasteiger partial charge in [0.05, 0.1) is 11.3 Å². The molecule has 2 aromatic heterocycles. The van der Waals surface area contributed by atoms with E-state index in [1.165, 1.54) is 11.8 Å². The number of hydrogen-bond acceptors (Lipinski definition) is 6. The number of aromatic nitrogens is 2. The molecule has 0 atom stereocenters.